The summed E-state index contributed by atoms with van der Waals surface area (Å²) in [7, 11) is 3.22. The number of benzene rings is 1. The maximum Gasteiger partial charge on any atom is 0.227 e. The van der Waals surface area contributed by atoms with Gasteiger partial charge in [0.2, 0.25) is 5.91 Å². The highest BCUT2D eigenvalue weighted by Gasteiger charge is 2.32. The fourth-order valence-corrected chi connectivity index (χ4v) is 4.05. The van der Waals surface area contributed by atoms with Crippen molar-refractivity contribution in [1.29, 1.82) is 0 Å². The van der Waals surface area contributed by atoms with Crippen LogP contribution in [0.1, 0.15) is 42.3 Å². The number of nitrogens with one attached hydrogen (secondary N) is 1. The van der Waals surface area contributed by atoms with Gasteiger partial charge in [0, 0.05) is 18.2 Å². The second-order valence-corrected chi connectivity index (χ2v) is 7.48. The van der Waals surface area contributed by atoms with Gasteiger partial charge in [0.25, 0.3) is 0 Å². The fourth-order valence-electron chi connectivity index (χ4n) is 4.05. The first-order valence-corrected chi connectivity index (χ1v) is 10.1. The van der Waals surface area contributed by atoms with E-state index in [-0.39, 0.29) is 18.4 Å². The number of aromatic nitrogens is 3. The van der Waals surface area contributed by atoms with E-state index in [0.717, 1.165) is 41.8 Å². The Morgan fingerprint density at radius 2 is 2.13 bits per heavy atom. The monoisotopic (exact) mass is 410 g/mol. The smallest absolute Gasteiger partial charge is 0.227 e. The van der Waals surface area contributed by atoms with Crippen molar-refractivity contribution >= 4 is 5.91 Å². The van der Waals surface area contributed by atoms with Gasteiger partial charge in [-0.25, -0.2) is 0 Å². The van der Waals surface area contributed by atoms with Gasteiger partial charge in [0.15, 0.2) is 5.76 Å². The molecule has 8 heteroatoms. The lowest BCUT2D eigenvalue weighted by atomic mass is 9.95. The number of carbonyl (C=O) groups is 1. The van der Waals surface area contributed by atoms with E-state index in [4.69, 9.17) is 14.0 Å². The molecular weight excluding hydrogens is 384 g/mol. The van der Waals surface area contributed by atoms with Gasteiger partial charge in [-0.2, -0.15) is 5.10 Å². The van der Waals surface area contributed by atoms with E-state index in [2.05, 4.69) is 15.4 Å². The van der Waals surface area contributed by atoms with Crippen LogP contribution >= 0.6 is 0 Å². The highest BCUT2D eigenvalue weighted by molar-refractivity contribution is 5.80. The van der Waals surface area contributed by atoms with Crippen LogP contribution in [0.25, 0.3) is 11.3 Å². The highest BCUT2D eigenvalue weighted by atomic mass is 16.5. The summed E-state index contributed by atoms with van der Waals surface area (Å²) in [6.45, 7) is 2.58. The van der Waals surface area contributed by atoms with Crippen molar-refractivity contribution in [1.82, 2.24) is 20.3 Å². The molecule has 1 aromatic carbocycles. The summed E-state index contributed by atoms with van der Waals surface area (Å²) in [5.74, 6) is 2.08. The average Bonchev–Trinajstić information content (AvgIpc) is 3.42. The number of hydrogen-bond acceptors (Lipinski definition) is 6. The van der Waals surface area contributed by atoms with Crippen molar-refractivity contribution in [3.05, 3.63) is 47.4 Å². The van der Waals surface area contributed by atoms with Crippen LogP contribution in [0.4, 0.5) is 0 Å². The highest BCUT2D eigenvalue weighted by Crippen LogP contribution is 2.36. The summed E-state index contributed by atoms with van der Waals surface area (Å²) in [6.07, 6.45) is 4.86. The zero-order valence-corrected chi connectivity index (χ0v) is 17.5. The van der Waals surface area contributed by atoms with Crippen molar-refractivity contribution < 1.29 is 18.8 Å². The predicted octanol–water partition coefficient (Wildman–Crippen LogP) is 3.69. The number of likely N-dealkylation sites (tertiary alicyclic amines) is 1. The van der Waals surface area contributed by atoms with E-state index in [1.54, 1.807) is 20.4 Å². The Balaban J connectivity index is 1.61. The minimum Gasteiger partial charge on any atom is -0.497 e. The first kappa shape index (κ1) is 20.0. The van der Waals surface area contributed by atoms with Crippen LogP contribution in [0.2, 0.25) is 0 Å². The van der Waals surface area contributed by atoms with Crippen LogP contribution in [0, 0.1) is 6.92 Å². The molecule has 3 heterocycles. The maximum atomic E-state index is 13.4. The lowest BCUT2D eigenvalue weighted by Gasteiger charge is -2.35. The fraction of sp³-hybridized carbons (Fsp3) is 0.409. The topological polar surface area (TPSA) is 93.5 Å². The molecule has 8 nitrogen and oxygen atoms in total. The van der Waals surface area contributed by atoms with E-state index in [1.165, 1.54) is 0 Å². The number of ether oxygens (including phenoxy) is 2. The molecule has 0 spiro atoms. The third-order valence-electron chi connectivity index (χ3n) is 5.55. The molecule has 0 radical (unpaired) electrons. The molecule has 2 aromatic heterocycles. The van der Waals surface area contributed by atoms with Crippen molar-refractivity contribution in [3.8, 4) is 22.8 Å². The molecule has 1 N–H and O–H groups in total. The summed E-state index contributed by atoms with van der Waals surface area (Å²) in [6, 6.07) is 7.30. The number of methoxy groups -OCH3 is 2. The second kappa shape index (κ2) is 8.61. The molecule has 0 aliphatic carbocycles. The largest absolute Gasteiger partial charge is 0.497 e. The number of hydrogen-bond donors (Lipinski definition) is 1. The molecule has 0 saturated carbocycles. The summed E-state index contributed by atoms with van der Waals surface area (Å²) >= 11 is 0. The molecular formula is C22H26N4O4. The van der Waals surface area contributed by atoms with Crippen LogP contribution in [-0.4, -0.2) is 46.9 Å². The number of aryl methyl sites for hydroxylation is 1. The molecule has 3 aromatic rings. The van der Waals surface area contributed by atoms with Gasteiger partial charge in [-0.1, -0.05) is 5.16 Å². The molecule has 0 bridgehead atoms. The second-order valence-electron chi connectivity index (χ2n) is 7.48. The van der Waals surface area contributed by atoms with E-state index >= 15 is 0 Å². The van der Waals surface area contributed by atoms with Gasteiger partial charge >= 0.3 is 0 Å². The van der Waals surface area contributed by atoms with Gasteiger partial charge in [-0.05, 0) is 44.4 Å². The van der Waals surface area contributed by atoms with Crippen LogP contribution in [0.15, 0.2) is 35.0 Å². The third kappa shape index (κ3) is 3.90. The van der Waals surface area contributed by atoms with Crippen molar-refractivity contribution in [2.45, 2.75) is 38.6 Å². The van der Waals surface area contributed by atoms with Crippen molar-refractivity contribution in [2.75, 3.05) is 20.8 Å². The maximum absolute atomic E-state index is 13.4. The first-order chi connectivity index (χ1) is 14.6. The number of aromatic amines is 1. The Morgan fingerprint density at radius 3 is 2.87 bits per heavy atom. The summed E-state index contributed by atoms with van der Waals surface area (Å²) in [5.41, 5.74) is 3.34. The standard InChI is InChI=1S/C22H26N4O4/c1-14-10-20(30-25-14)17-13-23-24-22(17)18-6-4-5-9-26(18)21(27)12-15-11-16(28-2)7-8-19(15)29-3/h7-8,10-11,13,18H,4-6,9,12H2,1-3H3,(H,23,24)/t18-/m0/s1. The molecule has 1 fully saturated rings. The Hall–Kier alpha value is -3.29. The quantitative estimate of drug-likeness (QED) is 0.666. The number of rotatable bonds is 6. The molecule has 1 saturated heterocycles. The van der Waals surface area contributed by atoms with E-state index in [9.17, 15) is 4.79 Å². The predicted molar refractivity (Wildman–Crippen MR) is 110 cm³/mol. The lowest BCUT2D eigenvalue weighted by Crippen LogP contribution is -2.39. The van der Waals surface area contributed by atoms with Crippen LogP contribution in [-0.2, 0) is 11.2 Å². The van der Waals surface area contributed by atoms with E-state index < -0.39 is 0 Å². The zero-order chi connectivity index (χ0) is 21.1. The number of carbonyl (C=O) groups excluding carboxylic acids is 1. The lowest BCUT2D eigenvalue weighted by molar-refractivity contribution is -0.134. The molecule has 1 aliphatic rings. The molecule has 158 valence electrons. The minimum absolute atomic E-state index is 0.0422. The normalized spacial score (nSPS) is 16.5. The van der Waals surface area contributed by atoms with Crippen LogP contribution in [0.3, 0.4) is 0 Å². The van der Waals surface area contributed by atoms with E-state index in [0.29, 0.717) is 23.8 Å². The average molecular weight is 410 g/mol. The summed E-state index contributed by atoms with van der Waals surface area (Å²) in [5, 5.41) is 11.3. The van der Waals surface area contributed by atoms with Gasteiger partial charge in [-0.3, -0.25) is 9.89 Å². The number of H-pyrrole nitrogens is 1. The Bertz CT molecular complexity index is 1030. The Kier molecular flexibility index (Phi) is 5.74. The Morgan fingerprint density at radius 1 is 1.27 bits per heavy atom. The summed E-state index contributed by atoms with van der Waals surface area (Å²) in [4.78, 5) is 15.3. The van der Waals surface area contributed by atoms with Crippen molar-refractivity contribution in [2.24, 2.45) is 0 Å². The van der Waals surface area contributed by atoms with Crippen molar-refractivity contribution in [3.63, 3.8) is 0 Å². The molecule has 1 atom stereocenters. The zero-order valence-electron chi connectivity index (χ0n) is 17.5. The Labute approximate surface area is 175 Å². The molecule has 0 unspecified atom stereocenters. The minimum atomic E-state index is -0.0919. The van der Waals surface area contributed by atoms with Gasteiger partial charge in [0.05, 0.1) is 49.8 Å². The third-order valence-corrected chi connectivity index (χ3v) is 5.55. The summed E-state index contributed by atoms with van der Waals surface area (Å²) < 4.78 is 16.2. The number of amides is 1. The van der Waals surface area contributed by atoms with Gasteiger partial charge < -0.3 is 18.9 Å². The molecule has 30 heavy (non-hydrogen) atoms. The molecule has 1 aliphatic heterocycles. The molecule has 1 amide bonds. The SMILES string of the molecule is COc1ccc(OC)c(CC(=O)N2CCCC[C@H]2c2[nH]ncc2-c2cc(C)no2)c1. The van der Waals surface area contributed by atoms with Gasteiger partial charge in [-0.15, -0.1) is 0 Å². The van der Waals surface area contributed by atoms with E-state index in [1.807, 2.05) is 36.1 Å². The van der Waals surface area contributed by atoms with Crippen LogP contribution < -0.4 is 9.47 Å². The number of piperidine rings is 1. The van der Waals surface area contributed by atoms with Gasteiger partial charge in [0.1, 0.15) is 11.5 Å². The number of nitrogens with zero attached hydrogens (tertiary/aromatic N) is 3. The van der Waals surface area contributed by atoms with Crippen LogP contribution in [0.5, 0.6) is 11.5 Å². The first-order valence-electron chi connectivity index (χ1n) is 10.1. The molecule has 4 rings (SSSR count).